The van der Waals surface area contributed by atoms with E-state index in [4.69, 9.17) is 14.6 Å². The summed E-state index contributed by atoms with van der Waals surface area (Å²) in [6.45, 7) is 4.99. The fraction of sp³-hybridized carbons (Fsp3) is 0.333. The van der Waals surface area contributed by atoms with Gasteiger partial charge in [-0.15, -0.1) is 11.3 Å². The molecule has 186 valence electrons. The van der Waals surface area contributed by atoms with Crippen molar-refractivity contribution >= 4 is 33.0 Å². The van der Waals surface area contributed by atoms with E-state index in [2.05, 4.69) is 9.88 Å². The van der Waals surface area contributed by atoms with Crippen LogP contribution < -0.4 is 14.4 Å². The van der Waals surface area contributed by atoms with E-state index in [9.17, 15) is 13.2 Å². The number of rotatable bonds is 9. The number of carboxylic acid groups (broad SMARTS) is 1. The molecule has 1 aromatic heterocycles. The molecule has 1 saturated heterocycles. The second-order valence-electron chi connectivity index (χ2n) is 8.23. The lowest BCUT2D eigenvalue weighted by Gasteiger charge is -2.35. The molecule has 0 bridgehead atoms. The molecule has 1 N–H and O–H groups in total. The lowest BCUT2D eigenvalue weighted by Crippen LogP contribution is -2.48. The SMILES string of the molecule is CC(C)Oc1ccc(S(=O)(=O)N2CCN(c3ccc(-c4nccs4)c(OCC(=O)O)c3)CC2)cc1. The molecule has 9 nitrogen and oxygen atoms in total. The predicted octanol–water partition coefficient (Wildman–Crippen LogP) is 3.57. The second-order valence-corrected chi connectivity index (χ2v) is 11.1. The molecule has 35 heavy (non-hydrogen) atoms. The van der Waals surface area contributed by atoms with Crippen molar-refractivity contribution in [3.8, 4) is 22.1 Å². The molecule has 1 fully saturated rings. The van der Waals surface area contributed by atoms with Gasteiger partial charge in [0.25, 0.3) is 0 Å². The maximum atomic E-state index is 13.1. The van der Waals surface area contributed by atoms with Gasteiger partial charge in [0.15, 0.2) is 6.61 Å². The summed E-state index contributed by atoms with van der Waals surface area (Å²) < 4.78 is 38.9. The van der Waals surface area contributed by atoms with Gasteiger partial charge in [-0.05, 0) is 50.2 Å². The minimum absolute atomic E-state index is 0.0104. The number of benzene rings is 2. The van der Waals surface area contributed by atoms with E-state index < -0.39 is 22.6 Å². The number of sulfonamides is 1. The molecule has 0 aliphatic carbocycles. The highest BCUT2D eigenvalue weighted by Crippen LogP contribution is 2.35. The van der Waals surface area contributed by atoms with Crippen molar-refractivity contribution in [3.63, 3.8) is 0 Å². The van der Waals surface area contributed by atoms with Crippen molar-refractivity contribution in [2.45, 2.75) is 24.8 Å². The molecule has 1 aliphatic heterocycles. The van der Waals surface area contributed by atoms with Crippen LogP contribution in [-0.2, 0) is 14.8 Å². The van der Waals surface area contributed by atoms with E-state index in [1.807, 2.05) is 31.4 Å². The summed E-state index contributed by atoms with van der Waals surface area (Å²) in [5.41, 5.74) is 1.55. The maximum absolute atomic E-state index is 13.1. The zero-order valence-electron chi connectivity index (χ0n) is 19.5. The van der Waals surface area contributed by atoms with Crippen molar-refractivity contribution in [2.75, 3.05) is 37.7 Å². The molecule has 2 heterocycles. The van der Waals surface area contributed by atoms with Crippen LogP contribution in [0.2, 0.25) is 0 Å². The van der Waals surface area contributed by atoms with E-state index in [0.717, 1.165) is 16.3 Å². The van der Waals surface area contributed by atoms with Gasteiger partial charge in [-0.1, -0.05) is 0 Å². The zero-order valence-corrected chi connectivity index (χ0v) is 21.1. The highest BCUT2D eigenvalue weighted by Gasteiger charge is 2.29. The van der Waals surface area contributed by atoms with Crippen molar-refractivity contribution < 1.29 is 27.8 Å². The molecule has 0 saturated carbocycles. The van der Waals surface area contributed by atoms with Crippen LogP contribution in [0.5, 0.6) is 11.5 Å². The molecule has 0 atom stereocenters. The third kappa shape index (κ3) is 5.92. The normalized spacial score (nSPS) is 14.8. The molecule has 0 spiro atoms. The average Bonchev–Trinajstić information content (AvgIpc) is 3.37. The number of anilines is 1. The van der Waals surface area contributed by atoms with Gasteiger partial charge in [-0.3, -0.25) is 0 Å². The Labute approximate surface area is 208 Å². The number of aliphatic carboxylic acids is 1. The van der Waals surface area contributed by atoms with Gasteiger partial charge in [0, 0.05) is 49.5 Å². The van der Waals surface area contributed by atoms with Crippen molar-refractivity contribution in [1.29, 1.82) is 0 Å². The average molecular weight is 518 g/mol. The number of ether oxygens (including phenoxy) is 2. The van der Waals surface area contributed by atoms with E-state index in [1.54, 1.807) is 36.5 Å². The molecule has 3 aromatic rings. The van der Waals surface area contributed by atoms with Gasteiger partial charge in [0.2, 0.25) is 10.0 Å². The standard InChI is InChI=1S/C24H27N3O6S2/c1-17(2)33-19-4-6-20(7-5-19)35(30,31)27-12-10-26(11-13-27)18-3-8-21(24-25-9-14-34-24)22(15-18)32-16-23(28)29/h3-9,14-15,17H,10-13,16H2,1-2H3,(H,28,29). The first-order chi connectivity index (χ1) is 16.7. The molecule has 1 aliphatic rings. The quantitative estimate of drug-likeness (QED) is 0.459. The second kappa shape index (κ2) is 10.6. The van der Waals surface area contributed by atoms with Crippen LogP contribution in [0.25, 0.3) is 10.6 Å². The van der Waals surface area contributed by atoms with Gasteiger partial charge in [0.05, 0.1) is 16.6 Å². The number of piperazine rings is 1. The van der Waals surface area contributed by atoms with Crippen LogP contribution in [0.1, 0.15) is 13.8 Å². The van der Waals surface area contributed by atoms with Crippen molar-refractivity contribution in [2.24, 2.45) is 0 Å². The van der Waals surface area contributed by atoms with Crippen molar-refractivity contribution in [3.05, 3.63) is 54.0 Å². The molecule has 0 unspecified atom stereocenters. The predicted molar refractivity (Wildman–Crippen MR) is 134 cm³/mol. The fourth-order valence-electron chi connectivity index (χ4n) is 3.80. The summed E-state index contributed by atoms with van der Waals surface area (Å²) in [6.07, 6.45) is 1.69. The first-order valence-corrected chi connectivity index (χ1v) is 13.5. The van der Waals surface area contributed by atoms with E-state index in [0.29, 0.717) is 37.7 Å². The van der Waals surface area contributed by atoms with Crippen LogP contribution in [0.3, 0.4) is 0 Å². The Balaban J connectivity index is 1.47. The van der Waals surface area contributed by atoms with E-state index in [1.165, 1.54) is 15.6 Å². The number of aromatic nitrogens is 1. The molecular weight excluding hydrogens is 490 g/mol. The number of hydrogen-bond donors (Lipinski definition) is 1. The lowest BCUT2D eigenvalue weighted by molar-refractivity contribution is -0.139. The number of nitrogens with zero attached hydrogens (tertiary/aromatic N) is 3. The van der Waals surface area contributed by atoms with Crippen LogP contribution in [0, 0.1) is 0 Å². The smallest absolute Gasteiger partial charge is 0.341 e. The zero-order chi connectivity index (χ0) is 25.0. The third-order valence-corrected chi connectivity index (χ3v) is 8.14. The topological polar surface area (TPSA) is 109 Å². The van der Waals surface area contributed by atoms with Crippen LogP contribution in [0.15, 0.2) is 58.9 Å². The highest BCUT2D eigenvalue weighted by molar-refractivity contribution is 7.89. The molecular formula is C24H27N3O6S2. The van der Waals surface area contributed by atoms with Crippen LogP contribution in [-0.4, -0.2) is 67.7 Å². The van der Waals surface area contributed by atoms with Gasteiger partial charge < -0.3 is 19.5 Å². The summed E-state index contributed by atoms with van der Waals surface area (Å²) in [7, 11) is -3.62. The minimum Gasteiger partial charge on any atom is -0.491 e. The van der Waals surface area contributed by atoms with Crippen molar-refractivity contribution in [1.82, 2.24) is 9.29 Å². The van der Waals surface area contributed by atoms with Gasteiger partial charge in [-0.25, -0.2) is 18.2 Å². The Morgan fingerprint density at radius 3 is 2.43 bits per heavy atom. The summed E-state index contributed by atoms with van der Waals surface area (Å²) in [5.74, 6) is -0.00685. The number of carbonyl (C=O) groups is 1. The van der Waals surface area contributed by atoms with Gasteiger partial charge in [0.1, 0.15) is 16.5 Å². The molecule has 4 rings (SSSR count). The Kier molecular flexibility index (Phi) is 7.58. The van der Waals surface area contributed by atoms with E-state index >= 15 is 0 Å². The fourth-order valence-corrected chi connectivity index (χ4v) is 5.89. The van der Waals surface area contributed by atoms with Gasteiger partial charge in [-0.2, -0.15) is 4.31 Å². The largest absolute Gasteiger partial charge is 0.491 e. The summed E-state index contributed by atoms with van der Waals surface area (Å²) >= 11 is 1.44. The molecule has 0 amide bonds. The Morgan fingerprint density at radius 2 is 1.83 bits per heavy atom. The van der Waals surface area contributed by atoms with E-state index in [-0.39, 0.29) is 11.0 Å². The Hall–Kier alpha value is -3.15. The number of thiazole rings is 1. The number of carboxylic acids is 1. The maximum Gasteiger partial charge on any atom is 0.341 e. The molecule has 11 heteroatoms. The third-order valence-electron chi connectivity index (χ3n) is 5.42. The first kappa shape index (κ1) is 25.0. The first-order valence-electron chi connectivity index (χ1n) is 11.1. The molecule has 2 aromatic carbocycles. The Morgan fingerprint density at radius 1 is 1.11 bits per heavy atom. The highest BCUT2D eigenvalue weighted by atomic mass is 32.2. The summed E-state index contributed by atoms with van der Waals surface area (Å²) in [4.78, 5) is 17.6. The lowest BCUT2D eigenvalue weighted by atomic mass is 10.1. The van der Waals surface area contributed by atoms with Crippen LogP contribution in [0.4, 0.5) is 5.69 Å². The summed E-state index contributed by atoms with van der Waals surface area (Å²) in [6, 6.07) is 12.1. The Bertz CT molecular complexity index is 1250. The number of hydrogen-bond acceptors (Lipinski definition) is 8. The minimum atomic E-state index is -3.62. The summed E-state index contributed by atoms with van der Waals surface area (Å²) in [5, 5.41) is 11.6. The molecule has 0 radical (unpaired) electrons. The van der Waals surface area contributed by atoms with Gasteiger partial charge >= 0.3 is 5.97 Å². The monoisotopic (exact) mass is 517 g/mol. The van der Waals surface area contributed by atoms with Crippen LogP contribution >= 0.6 is 11.3 Å².